The van der Waals surface area contributed by atoms with E-state index in [1.807, 2.05) is 42.2 Å². The quantitative estimate of drug-likeness (QED) is 0.900. The second-order valence-electron chi connectivity index (χ2n) is 5.48. The summed E-state index contributed by atoms with van der Waals surface area (Å²) in [6, 6.07) is 9.73. The van der Waals surface area contributed by atoms with E-state index >= 15 is 0 Å². The molecule has 1 aliphatic rings. The van der Waals surface area contributed by atoms with Crippen molar-refractivity contribution in [1.82, 2.24) is 10.2 Å². The second-order valence-corrected chi connectivity index (χ2v) is 7.79. The summed E-state index contributed by atoms with van der Waals surface area (Å²) in [5.74, 6) is 0.311. The second kappa shape index (κ2) is 7.04. The lowest BCUT2D eigenvalue weighted by molar-refractivity contribution is -0.122. The lowest BCUT2D eigenvalue weighted by Gasteiger charge is -2.20. The maximum absolute atomic E-state index is 12.1. The number of carbonyl (C=O) groups excluding carboxylic acids is 1. The smallest absolute Gasteiger partial charge is 0.234 e. The number of hydrogen-bond acceptors (Lipinski definition) is 4. The van der Waals surface area contributed by atoms with Crippen molar-refractivity contribution in [2.24, 2.45) is 0 Å². The van der Waals surface area contributed by atoms with Crippen molar-refractivity contribution in [3.05, 3.63) is 35.9 Å². The van der Waals surface area contributed by atoms with E-state index in [1.54, 1.807) is 0 Å². The highest BCUT2D eigenvalue weighted by Gasteiger charge is 2.21. The first kappa shape index (κ1) is 16.0. The Morgan fingerprint density at radius 3 is 2.67 bits per heavy atom. The van der Waals surface area contributed by atoms with Crippen LogP contribution in [0.4, 0.5) is 0 Å². The molecule has 1 fully saturated rings. The van der Waals surface area contributed by atoms with Gasteiger partial charge in [-0.2, -0.15) is 0 Å². The molecule has 1 N–H and O–H groups in total. The van der Waals surface area contributed by atoms with Crippen molar-refractivity contribution in [3.8, 4) is 0 Å². The predicted octanol–water partition coefficient (Wildman–Crippen LogP) is 0.984. The fraction of sp³-hybridized carbons (Fsp3) is 0.533. The van der Waals surface area contributed by atoms with Gasteiger partial charge in [0.05, 0.1) is 24.1 Å². The molecule has 1 heterocycles. The number of sulfone groups is 1. The van der Waals surface area contributed by atoms with Crippen LogP contribution >= 0.6 is 0 Å². The van der Waals surface area contributed by atoms with E-state index in [0.717, 1.165) is 5.56 Å². The summed E-state index contributed by atoms with van der Waals surface area (Å²) in [6.07, 6.45) is 0.601. The minimum absolute atomic E-state index is 0.0468. The predicted molar refractivity (Wildman–Crippen MR) is 82.7 cm³/mol. The van der Waals surface area contributed by atoms with Crippen molar-refractivity contribution in [1.29, 1.82) is 0 Å². The fourth-order valence-electron chi connectivity index (χ4n) is 2.46. The Labute approximate surface area is 126 Å². The van der Waals surface area contributed by atoms with Gasteiger partial charge in [0, 0.05) is 6.54 Å². The average molecular weight is 310 g/mol. The Hall–Kier alpha value is -1.40. The lowest BCUT2D eigenvalue weighted by Crippen LogP contribution is -2.39. The summed E-state index contributed by atoms with van der Waals surface area (Å²) in [6.45, 7) is 3.30. The fourth-order valence-corrected chi connectivity index (χ4v) is 3.77. The van der Waals surface area contributed by atoms with E-state index in [-0.39, 0.29) is 30.0 Å². The lowest BCUT2D eigenvalue weighted by atomic mass is 10.1. The molecule has 0 unspecified atom stereocenters. The number of benzene rings is 1. The summed E-state index contributed by atoms with van der Waals surface area (Å²) in [7, 11) is -2.93. The Kier molecular flexibility index (Phi) is 5.36. The van der Waals surface area contributed by atoms with Gasteiger partial charge in [0.1, 0.15) is 0 Å². The van der Waals surface area contributed by atoms with E-state index in [2.05, 4.69) is 5.32 Å². The Morgan fingerprint density at radius 2 is 1.95 bits per heavy atom. The zero-order valence-electron chi connectivity index (χ0n) is 12.3. The minimum Gasteiger partial charge on any atom is -0.348 e. The zero-order valence-corrected chi connectivity index (χ0v) is 13.1. The monoisotopic (exact) mass is 310 g/mol. The van der Waals surface area contributed by atoms with Crippen LogP contribution in [0.15, 0.2) is 30.3 Å². The molecule has 1 aliphatic heterocycles. The molecule has 2 rings (SSSR count). The summed E-state index contributed by atoms with van der Waals surface area (Å²) in [5.41, 5.74) is 1.06. The van der Waals surface area contributed by atoms with Crippen molar-refractivity contribution < 1.29 is 13.2 Å². The average Bonchev–Trinajstić information content (AvgIpc) is 2.61. The van der Waals surface area contributed by atoms with Crippen molar-refractivity contribution in [2.75, 3.05) is 31.1 Å². The van der Waals surface area contributed by atoms with Gasteiger partial charge in [-0.1, -0.05) is 30.3 Å². The van der Waals surface area contributed by atoms with E-state index in [9.17, 15) is 13.2 Å². The molecule has 1 saturated heterocycles. The van der Waals surface area contributed by atoms with Crippen molar-refractivity contribution >= 4 is 15.7 Å². The molecule has 1 aromatic carbocycles. The minimum atomic E-state index is -2.93. The third kappa shape index (κ3) is 5.13. The molecular formula is C15H22N2O3S. The van der Waals surface area contributed by atoms with Gasteiger partial charge in [-0.3, -0.25) is 9.69 Å². The Bertz CT molecular complexity index is 572. The van der Waals surface area contributed by atoms with E-state index < -0.39 is 9.84 Å². The first-order valence-corrected chi connectivity index (χ1v) is 9.05. The molecule has 0 spiro atoms. The molecule has 0 aliphatic carbocycles. The molecule has 6 heteroatoms. The largest absolute Gasteiger partial charge is 0.348 e. The molecule has 1 aromatic rings. The number of amides is 1. The van der Waals surface area contributed by atoms with E-state index in [4.69, 9.17) is 0 Å². The number of nitrogens with one attached hydrogen (secondary N) is 1. The Balaban J connectivity index is 1.84. The topological polar surface area (TPSA) is 66.5 Å². The maximum atomic E-state index is 12.1. The highest BCUT2D eigenvalue weighted by molar-refractivity contribution is 7.91. The molecule has 0 radical (unpaired) electrons. The van der Waals surface area contributed by atoms with Gasteiger partial charge >= 0.3 is 0 Å². The number of nitrogens with zero attached hydrogens (tertiary/aromatic N) is 1. The van der Waals surface area contributed by atoms with Crippen molar-refractivity contribution in [3.63, 3.8) is 0 Å². The van der Waals surface area contributed by atoms with Crippen LogP contribution in [-0.4, -0.2) is 50.4 Å². The van der Waals surface area contributed by atoms with Crippen LogP contribution < -0.4 is 5.32 Å². The van der Waals surface area contributed by atoms with E-state index in [1.165, 1.54) is 0 Å². The summed E-state index contributed by atoms with van der Waals surface area (Å²) in [4.78, 5) is 14.0. The number of carbonyl (C=O) groups is 1. The van der Waals surface area contributed by atoms with Crippen molar-refractivity contribution in [2.45, 2.75) is 19.4 Å². The van der Waals surface area contributed by atoms with Crippen LogP contribution in [0, 0.1) is 0 Å². The summed E-state index contributed by atoms with van der Waals surface area (Å²) >= 11 is 0. The first-order chi connectivity index (χ1) is 9.96. The molecule has 21 heavy (non-hydrogen) atoms. The Morgan fingerprint density at radius 1 is 1.24 bits per heavy atom. The maximum Gasteiger partial charge on any atom is 0.234 e. The molecule has 5 nitrogen and oxygen atoms in total. The molecule has 0 bridgehead atoms. The van der Waals surface area contributed by atoms with E-state index in [0.29, 0.717) is 19.5 Å². The first-order valence-electron chi connectivity index (χ1n) is 7.23. The normalized spacial score (nSPS) is 20.4. The summed E-state index contributed by atoms with van der Waals surface area (Å²) in [5, 5.41) is 2.95. The molecule has 1 atom stereocenters. The highest BCUT2D eigenvalue weighted by atomic mass is 32.2. The van der Waals surface area contributed by atoms with Crippen LogP contribution in [0.2, 0.25) is 0 Å². The van der Waals surface area contributed by atoms with Crippen LogP contribution in [0.1, 0.15) is 24.9 Å². The SMILES string of the molecule is C[C@@H](NC(=O)CN1CCCS(=O)(=O)CC1)c1ccccc1. The number of hydrogen-bond donors (Lipinski definition) is 1. The molecule has 116 valence electrons. The molecule has 0 saturated carbocycles. The standard InChI is InChI=1S/C15H22N2O3S/c1-13(14-6-3-2-4-7-14)16-15(18)12-17-8-5-10-21(19,20)11-9-17/h2-4,6-7,13H,5,8-12H2,1H3,(H,16,18)/t13-/m1/s1. The summed E-state index contributed by atoms with van der Waals surface area (Å²) < 4.78 is 23.1. The molecule has 1 amide bonds. The number of rotatable bonds is 4. The van der Waals surface area contributed by atoms with Crippen LogP contribution in [-0.2, 0) is 14.6 Å². The van der Waals surface area contributed by atoms with Gasteiger partial charge in [0.15, 0.2) is 9.84 Å². The van der Waals surface area contributed by atoms with Gasteiger partial charge in [0.2, 0.25) is 5.91 Å². The van der Waals surface area contributed by atoms with Gasteiger partial charge in [-0.05, 0) is 25.5 Å². The third-order valence-corrected chi connectivity index (χ3v) is 5.41. The highest BCUT2D eigenvalue weighted by Crippen LogP contribution is 2.11. The van der Waals surface area contributed by atoms with Gasteiger partial charge in [-0.15, -0.1) is 0 Å². The molecule has 0 aromatic heterocycles. The van der Waals surface area contributed by atoms with Crippen LogP contribution in [0.3, 0.4) is 0 Å². The zero-order chi connectivity index (χ0) is 15.3. The van der Waals surface area contributed by atoms with Gasteiger partial charge in [0.25, 0.3) is 0 Å². The van der Waals surface area contributed by atoms with Gasteiger partial charge < -0.3 is 5.32 Å². The van der Waals surface area contributed by atoms with Crippen LogP contribution in [0.25, 0.3) is 0 Å². The van der Waals surface area contributed by atoms with Gasteiger partial charge in [-0.25, -0.2) is 8.42 Å². The van der Waals surface area contributed by atoms with Crippen LogP contribution in [0.5, 0.6) is 0 Å². The molecular weight excluding hydrogens is 288 g/mol. The third-order valence-electron chi connectivity index (χ3n) is 3.69.